The molecule has 0 saturated carbocycles. The molecule has 0 fully saturated rings. The predicted octanol–water partition coefficient (Wildman–Crippen LogP) is 5.15. The van der Waals surface area contributed by atoms with Crippen LogP contribution in [0, 0.1) is 10.1 Å². The van der Waals surface area contributed by atoms with Gasteiger partial charge in [-0.3, -0.25) is 25.0 Å². The number of fused-ring (bicyclic) bond motifs is 1. The van der Waals surface area contributed by atoms with E-state index in [4.69, 9.17) is 17.0 Å². The second-order valence-electron chi connectivity index (χ2n) is 7.79. The summed E-state index contributed by atoms with van der Waals surface area (Å²) in [6.07, 6.45) is 0. The number of benzene rings is 3. The van der Waals surface area contributed by atoms with Crippen molar-refractivity contribution in [3.8, 4) is 17.0 Å². The SMILES string of the molecule is COc1cccc(NC(=S)NC(=O)c2cc(-c3ccc([N+](=O)[O-])cc3)nc3ccc(C(C)=O)cc23)c1. The van der Waals surface area contributed by atoms with E-state index in [1.54, 1.807) is 67.8 Å². The molecule has 9 nitrogen and oxygen atoms in total. The number of non-ortho nitro benzene ring substituents is 1. The van der Waals surface area contributed by atoms with E-state index in [0.717, 1.165) is 0 Å². The normalized spacial score (nSPS) is 10.5. The Balaban J connectivity index is 1.71. The number of carbonyl (C=O) groups excluding carboxylic acids is 2. The molecule has 4 aromatic rings. The van der Waals surface area contributed by atoms with Crippen molar-refractivity contribution in [2.24, 2.45) is 0 Å². The highest BCUT2D eigenvalue weighted by Crippen LogP contribution is 2.27. The molecule has 1 aromatic heterocycles. The smallest absolute Gasteiger partial charge is 0.269 e. The third-order valence-electron chi connectivity index (χ3n) is 5.39. The number of hydrogen-bond donors (Lipinski definition) is 2. The van der Waals surface area contributed by atoms with Gasteiger partial charge in [-0.2, -0.15) is 0 Å². The van der Waals surface area contributed by atoms with Crippen molar-refractivity contribution in [2.45, 2.75) is 6.92 Å². The number of rotatable bonds is 6. The molecule has 36 heavy (non-hydrogen) atoms. The quantitative estimate of drug-likeness (QED) is 0.161. The molecule has 0 aliphatic heterocycles. The van der Waals surface area contributed by atoms with Gasteiger partial charge >= 0.3 is 0 Å². The van der Waals surface area contributed by atoms with Crippen LogP contribution in [0.3, 0.4) is 0 Å². The van der Waals surface area contributed by atoms with Crippen molar-refractivity contribution >= 4 is 51.3 Å². The summed E-state index contributed by atoms with van der Waals surface area (Å²) >= 11 is 5.33. The maximum absolute atomic E-state index is 13.3. The lowest BCUT2D eigenvalue weighted by atomic mass is 10.0. The van der Waals surface area contributed by atoms with E-state index >= 15 is 0 Å². The van der Waals surface area contributed by atoms with Gasteiger partial charge in [-0.25, -0.2) is 4.98 Å². The lowest BCUT2D eigenvalue weighted by molar-refractivity contribution is -0.384. The summed E-state index contributed by atoms with van der Waals surface area (Å²) in [4.78, 5) is 40.4. The average Bonchev–Trinajstić information content (AvgIpc) is 2.87. The molecule has 0 atom stereocenters. The molecule has 1 amide bonds. The van der Waals surface area contributed by atoms with E-state index in [-0.39, 0.29) is 22.1 Å². The average molecular weight is 501 g/mol. The fourth-order valence-electron chi connectivity index (χ4n) is 3.57. The summed E-state index contributed by atoms with van der Waals surface area (Å²) in [5.74, 6) is -0.0386. The number of nitrogens with zero attached hydrogens (tertiary/aromatic N) is 2. The van der Waals surface area contributed by atoms with Crippen LogP contribution in [0.15, 0.2) is 72.8 Å². The minimum atomic E-state index is -0.508. The first-order valence-electron chi connectivity index (χ1n) is 10.7. The van der Waals surface area contributed by atoms with Crippen LogP contribution in [-0.2, 0) is 0 Å². The Hall–Kier alpha value is -4.70. The second kappa shape index (κ2) is 10.3. The summed E-state index contributed by atoms with van der Waals surface area (Å²) < 4.78 is 5.20. The summed E-state index contributed by atoms with van der Waals surface area (Å²) in [6.45, 7) is 1.44. The molecule has 1 heterocycles. The maximum atomic E-state index is 13.3. The number of nitro groups is 1. The van der Waals surface area contributed by atoms with Crippen molar-refractivity contribution in [1.29, 1.82) is 0 Å². The Labute approximate surface area is 211 Å². The predicted molar refractivity (Wildman–Crippen MR) is 141 cm³/mol. The van der Waals surface area contributed by atoms with Gasteiger partial charge in [0.2, 0.25) is 0 Å². The molecule has 0 aliphatic carbocycles. The van der Waals surface area contributed by atoms with E-state index in [9.17, 15) is 19.7 Å². The van der Waals surface area contributed by atoms with Gasteiger partial charge in [0.25, 0.3) is 11.6 Å². The molecule has 2 N–H and O–H groups in total. The summed E-state index contributed by atoms with van der Waals surface area (Å²) in [5.41, 5.74) is 2.74. The van der Waals surface area contributed by atoms with E-state index in [1.807, 2.05) is 0 Å². The number of anilines is 1. The number of methoxy groups -OCH3 is 1. The standard InChI is InChI=1S/C26H20N4O5S/c1-15(31)17-8-11-23-21(12-17)22(14-24(28-23)16-6-9-19(10-7-16)30(33)34)25(32)29-26(36)27-18-4-3-5-20(13-18)35-2/h3-14H,1-2H3,(H2,27,29,32,36). The Kier molecular flexibility index (Phi) is 6.98. The molecule has 0 spiro atoms. The monoisotopic (exact) mass is 500 g/mol. The number of nitrogens with one attached hydrogen (secondary N) is 2. The number of aromatic nitrogens is 1. The van der Waals surface area contributed by atoms with Crippen LogP contribution in [0.25, 0.3) is 22.2 Å². The molecule has 0 unspecified atom stereocenters. The minimum Gasteiger partial charge on any atom is -0.497 e. The number of amides is 1. The fourth-order valence-corrected chi connectivity index (χ4v) is 3.78. The highest BCUT2D eigenvalue weighted by molar-refractivity contribution is 7.80. The Bertz CT molecular complexity index is 1520. The fraction of sp³-hybridized carbons (Fsp3) is 0.0769. The van der Waals surface area contributed by atoms with Crippen LogP contribution in [0.4, 0.5) is 11.4 Å². The van der Waals surface area contributed by atoms with Gasteiger partial charge in [0.15, 0.2) is 10.9 Å². The minimum absolute atomic E-state index is 0.0578. The van der Waals surface area contributed by atoms with Crippen LogP contribution in [-0.4, -0.2) is 33.8 Å². The molecule has 0 bridgehead atoms. The van der Waals surface area contributed by atoms with Crippen LogP contribution in [0.1, 0.15) is 27.6 Å². The van der Waals surface area contributed by atoms with Crippen molar-refractivity contribution in [3.63, 3.8) is 0 Å². The number of ether oxygens (including phenoxy) is 1. The molecule has 3 aromatic carbocycles. The zero-order valence-corrected chi connectivity index (χ0v) is 20.1. The Morgan fingerprint density at radius 3 is 2.44 bits per heavy atom. The number of thiocarbonyl (C=S) groups is 1. The molecule has 0 radical (unpaired) electrons. The molecular weight excluding hydrogens is 480 g/mol. The van der Waals surface area contributed by atoms with Crippen molar-refractivity contribution in [3.05, 3.63) is 94.0 Å². The zero-order valence-electron chi connectivity index (χ0n) is 19.3. The number of ketones is 1. The number of pyridine rings is 1. The van der Waals surface area contributed by atoms with Gasteiger partial charge in [-0.1, -0.05) is 6.07 Å². The molecular formula is C26H20N4O5S. The van der Waals surface area contributed by atoms with Crippen LogP contribution < -0.4 is 15.4 Å². The first-order chi connectivity index (χ1) is 17.2. The van der Waals surface area contributed by atoms with Gasteiger partial charge in [0, 0.05) is 40.4 Å². The van der Waals surface area contributed by atoms with Gasteiger partial charge in [-0.15, -0.1) is 0 Å². The Morgan fingerprint density at radius 1 is 1.03 bits per heavy atom. The third kappa shape index (κ3) is 5.34. The number of Topliss-reactive ketones (excluding diaryl/α,β-unsaturated/α-hetero) is 1. The molecule has 10 heteroatoms. The van der Waals surface area contributed by atoms with Gasteiger partial charge in [0.1, 0.15) is 5.75 Å². The highest BCUT2D eigenvalue weighted by Gasteiger charge is 2.17. The van der Waals surface area contributed by atoms with E-state index in [0.29, 0.717) is 39.2 Å². The summed E-state index contributed by atoms with van der Waals surface area (Å²) in [6, 6.07) is 19.4. The number of nitro benzene ring substituents is 1. The van der Waals surface area contributed by atoms with Crippen molar-refractivity contribution < 1.29 is 19.2 Å². The number of hydrogen-bond acceptors (Lipinski definition) is 7. The van der Waals surface area contributed by atoms with E-state index in [1.165, 1.54) is 19.1 Å². The van der Waals surface area contributed by atoms with Crippen LogP contribution >= 0.6 is 12.2 Å². The molecule has 180 valence electrons. The van der Waals surface area contributed by atoms with E-state index in [2.05, 4.69) is 15.6 Å². The topological polar surface area (TPSA) is 123 Å². The zero-order chi connectivity index (χ0) is 25.8. The van der Waals surface area contributed by atoms with Crippen LogP contribution in [0.2, 0.25) is 0 Å². The first kappa shape index (κ1) is 24.4. The second-order valence-corrected chi connectivity index (χ2v) is 8.20. The molecule has 0 saturated heterocycles. The third-order valence-corrected chi connectivity index (χ3v) is 5.59. The summed E-state index contributed by atoms with van der Waals surface area (Å²) in [7, 11) is 1.55. The lowest BCUT2D eigenvalue weighted by Gasteiger charge is -2.13. The lowest BCUT2D eigenvalue weighted by Crippen LogP contribution is -2.34. The summed E-state index contributed by atoms with van der Waals surface area (Å²) in [5, 5.41) is 17.2. The van der Waals surface area contributed by atoms with Gasteiger partial charge in [-0.05, 0) is 67.7 Å². The molecule has 4 rings (SSSR count). The van der Waals surface area contributed by atoms with E-state index < -0.39 is 10.8 Å². The first-order valence-corrected chi connectivity index (χ1v) is 11.1. The largest absolute Gasteiger partial charge is 0.497 e. The van der Waals surface area contributed by atoms with Gasteiger partial charge < -0.3 is 10.1 Å². The maximum Gasteiger partial charge on any atom is 0.269 e. The van der Waals surface area contributed by atoms with Crippen molar-refractivity contribution in [2.75, 3.05) is 12.4 Å². The number of carbonyl (C=O) groups is 2. The molecule has 0 aliphatic rings. The van der Waals surface area contributed by atoms with Crippen molar-refractivity contribution in [1.82, 2.24) is 10.3 Å². The van der Waals surface area contributed by atoms with Gasteiger partial charge in [0.05, 0.1) is 28.8 Å². The highest BCUT2D eigenvalue weighted by atomic mass is 32.1. The van der Waals surface area contributed by atoms with Crippen LogP contribution in [0.5, 0.6) is 5.75 Å². The Morgan fingerprint density at radius 2 is 1.78 bits per heavy atom.